The first-order valence-electron chi connectivity index (χ1n) is 12.2. The number of nitrogens with zero attached hydrogens (tertiary/aromatic N) is 3. The van der Waals surface area contributed by atoms with E-state index in [2.05, 4.69) is 16.4 Å². The van der Waals surface area contributed by atoms with Crippen LogP contribution in [0.15, 0.2) is 36.0 Å². The zero-order valence-electron chi connectivity index (χ0n) is 20.6. The normalized spacial score (nSPS) is 13.6. The monoisotopic (exact) mass is 462 g/mol. The molecule has 34 heavy (non-hydrogen) atoms. The highest BCUT2D eigenvalue weighted by Crippen LogP contribution is 2.36. The zero-order chi connectivity index (χ0) is 24.1. The molecule has 0 radical (unpaired) electrons. The van der Waals surface area contributed by atoms with Gasteiger partial charge < -0.3 is 14.8 Å². The van der Waals surface area contributed by atoms with Crippen LogP contribution in [0.3, 0.4) is 0 Å². The molecule has 3 aromatic rings. The second-order valence-electron chi connectivity index (χ2n) is 8.59. The molecule has 2 aromatic heterocycles. The number of ether oxygens (including phenoxy) is 2. The smallest absolute Gasteiger partial charge is 0.254 e. The summed E-state index contributed by atoms with van der Waals surface area (Å²) in [5.41, 5.74) is 6.18. The number of nitrogens with one attached hydrogen (secondary N) is 1. The summed E-state index contributed by atoms with van der Waals surface area (Å²) in [6, 6.07) is 5.88. The van der Waals surface area contributed by atoms with Gasteiger partial charge in [-0.25, -0.2) is 9.50 Å². The van der Waals surface area contributed by atoms with Crippen molar-refractivity contribution in [3.8, 4) is 22.6 Å². The van der Waals surface area contributed by atoms with Crippen molar-refractivity contribution < 1.29 is 14.3 Å². The van der Waals surface area contributed by atoms with Gasteiger partial charge in [0.05, 0.1) is 30.2 Å². The number of amides is 1. The van der Waals surface area contributed by atoms with Crippen LogP contribution in [0.2, 0.25) is 0 Å². The Morgan fingerprint density at radius 2 is 1.91 bits per heavy atom. The van der Waals surface area contributed by atoms with E-state index >= 15 is 0 Å². The van der Waals surface area contributed by atoms with Crippen molar-refractivity contribution >= 4 is 11.6 Å². The van der Waals surface area contributed by atoms with E-state index in [0.29, 0.717) is 42.5 Å². The molecule has 0 unspecified atom stereocenters. The third-order valence-electron chi connectivity index (χ3n) is 6.25. The Bertz CT molecular complexity index is 1210. The van der Waals surface area contributed by atoms with Crippen LogP contribution in [0.1, 0.15) is 67.7 Å². The van der Waals surface area contributed by atoms with Crippen molar-refractivity contribution in [3.05, 3.63) is 53.0 Å². The first kappa shape index (κ1) is 23.8. The molecule has 0 spiro atoms. The Labute approximate surface area is 201 Å². The van der Waals surface area contributed by atoms with E-state index in [9.17, 15) is 4.79 Å². The Kier molecular flexibility index (Phi) is 7.50. The van der Waals surface area contributed by atoms with E-state index in [1.165, 1.54) is 18.4 Å². The molecule has 1 N–H and O–H groups in total. The minimum Gasteiger partial charge on any atom is -0.490 e. The van der Waals surface area contributed by atoms with Gasteiger partial charge in [0.25, 0.3) is 5.91 Å². The van der Waals surface area contributed by atoms with E-state index in [1.807, 2.05) is 45.9 Å². The summed E-state index contributed by atoms with van der Waals surface area (Å²) in [4.78, 5) is 17.5. The number of fused-ring (bicyclic) bond motifs is 1. The van der Waals surface area contributed by atoms with Crippen LogP contribution in [0, 0.1) is 13.8 Å². The fourth-order valence-electron chi connectivity index (χ4n) is 4.53. The standard InChI is InChI=1S/C27H34N4O3/c1-5-33-23-13-12-21(16-24(23)34-6-2)25-18(3)30-31-19(4)22(17-29-26(25)31)27(32)28-15-14-20-10-8-7-9-11-20/h10,12-13,16-17H,5-9,11,14-15H2,1-4H3,(H,28,32). The second kappa shape index (κ2) is 10.7. The van der Waals surface area contributed by atoms with Crippen LogP contribution in [-0.2, 0) is 0 Å². The van der Waals surface area contributed by atoms with Gasteiger partial charge in [0.2, 0.25) is 0 Å². The van der Waals surface area contributed by atoms with Gasteiger partial charge in [0.1, 0.15) is 0 Å². The molecule has 1 aliphatic carbocycles. The molecule has 1 aliphatic rings. The number of rotatable bonds is 9. The van der Waals surface area contributed by atoms with Gasteiger partial charge in [-0.2, -0.15) is 5.10 Å². The first-order valence-corrected chi connectivity index (χ1v) is 12.2. The SMILES string of the molecule is CCOc1ccc(-c2c(C)nn3c(C)c(C(=O)NCCC4=CCCCC4)cnc23)cc1OCC. The van der Waals surface area contributed by atoms with Crippen molar-refractivity contribution in [1.29, 1.82) is 0 Å². The lowest BCUT2D eigenvalue weighted by molar-refractivity contribution is 0.0952. The van der Waals surface area contributed by atoms with Gasteiger partial charge in [0, 0.05) is 18.3 Å². The molecule has 2 heterocycles. The quantitative estimate of drug-likeness (QED) is 0.429. The maximum Gasteiger partial charge on any atom is 0.254 e. The average Bonchev–Trinajstić information content (AvgIpc) is 3.18. The average molecular weight is 463 g/mol. The van der Waals surface area contributed by atoms with Gasteiger partial charge in [-0.15, -0.1) is 0 Å². The Morgan fingerprint density at radius 1 is 1.12 bits per heavy atom. The molecule has 7 nitrogen and oxygen atoms in total. The topological polar surface area (TPSA) is 77.8 Å². The molecule has 0 bridgehead atoms. The lowest BCUT2D eigenvalue weighted by Gasteiger charge is -2.14. The molecule has 180 valence electrons. The summed E-state index contributed by atoms with van der Waals surface area (Å²) in [5, 5.41) is 7.77. The molecule has 0 saturated carbocycles. The number of aryl methyl sites for hydroxylation is 2. The number of hydrogen-bond donors (Lipinski definition) is 1. The van der Waals surface area contributed by atoms with Gasteiger partial charge >= 0.3 is 0 Å². The second-order valence-corrected chi connectivity index (χ2v) is 8.59. The molecule has 1 amide bonds. The summed E-state index contributed by atoms with van der Waals surface area (Å²) >= 11 is 0. The van der Waals surface area contributed by atoms with E-state index in [0.717, 1.165) is 41.8 Å². The van der Waals surface area contributed by atoms with E-state index < -0.39 is 0 Å². The molecule has 0 saturated heterocycles. The maximum atomic E-state index is 12.9. The number of carbonyl (C=O) groups is 1. The van der Waals surface area contributed by atoms with Crippen LogP contribution in [-0.4, -0.2) is 40.3 Å². The predicted molar refractivity (Wildman–Crippen MR) is 134 cm³/mol. The van der Waals surface area contributed by atoms with Gasteiger partial charge in [-0.1, -0.05) is 17.7 Å². The van der Waals surface area contributed by atoms with E-state index in [-0.39, 0.29) is 5.91 Å². The molecule has 0 atom stereocenters. The fraction of sp³-hybridized carbons (Fsp3) is 0.444. The van der Waals surface area contributed by atoms with Crippen molar-refractivity contribution in [1.82, 2.24) is 19.9 Å². The summed E-state index contributed by atoms with van der Waals surface area (Å²) in [6.45, 7) is 9.52. The van der Waals surface area contributed by atoms with Crippen LogP contribution >= 0.6 is 0 Å². The van der Waals surface area contributed by atoms with Crippen LogP contribution in [0.5, 0.6) is 11.5 Å². The van der Waals surface area contributed by atoms with E-state index in [4.69, 9.17) is 14.6 Å². The summed E-state index contributed by atoms with van der Waals surface area (Å²) in [5.74, 6) is 1.30. The zero-order valence-corrected chi connectivity index (χ0v) is 20.6. The van der Waals surface area contributed by atoms with Gasteiger partial charge in [0.15, 0.2) is 17.1 Å². The van der Waals surface area contributed by atoms with Crippen LogP contribution in [0.4, 0.5) is 0 Å². The lowest BCUT2D eigenvalue weighted by Crippen LogP contribution is -2.26. The van der Waals surface area contributed by atoms with Crippen molar-refractivity contribution in [2.75, 3.05) is 19.8 Å². The fourth-order valence-corrected chi connectivity index (χ4v) is 4.53. The number of aromatic nitrogens is 3. The summed E-state index contributed by atoms with van der Waals surface area (Å²) in [7, 11) is 0. The highest BCUT2D eigenvalue weighted by atomic mass is 16.5. The van der Waals surface area contributed by atoms with E-state index in [1.54, 1.807) is 10.7 Å². The summed E-state index contributed by atoms with van der Waals surface area (Å²) in [6.07, 6.45) is 9.71. The third kappa shape index (κ3) is 4.93. The minimum atomic E-state index is -0.113. The Morgan fingerprint density at radius 3 is 2.65 bits per heavy atom. The number of benzene rings is 1. The minimum absolute atomic E-state index is 0.113. The Balaban J connectivity index is 1.60. The molecule has 1 aromatic carbocycles. The van der Waals surface area contributed by atoms with Crippen molar-refractivity contribution in [2.24, 2.45) is 0 Å². The highest BCUT2D eigenvalue weighted by Gasteiger charge is 2.20. The number of carbonyl (C=O) groups excluding carboxylic acids is 1. The van der Waals surface area contributed by atoms with Crippen molar-refractivity contribution in [2.45, 2.75) is 59.8 Å². The maximum absolute atomic E-state index is 12.9. The predicted octanol–water partition coefficient (Wildman–Crippen LogP) is 5.43. The largest absolute Gasteiger partial charge is 0.490 e. The van der Waals surface area contributed by atoms with Crippen LogP contribution in [0.25, 0.3) is 16.8 Å². The van der Waals surface area contributed by atoms with Gasteiger partial charge in [-0.3, -0.25) is 4.79 Å². The summed E-state index contributed by atoms with van der Waals surface area (Å²) < 4.78 is 13.3. The molecule has 0 fully saturated rings. The van der Waals surface area contributed by atoms with Gasteiger partial charge in [-0.05, 0) is 77.5 Å². The molecule has 0 aliphatic heterocycles. The third-order valence-corrected chi connectivity index (χ3v) is 6.25. The van der Waals surface area contributed by atoms with Crippen LogP contribution < -0.4 is 14.8 Å². The molecule has 7 heteroatoms. The number of allylic oxidation sites excluding steroid dienone is 1. The Hall–Kier alpha value is -3.35. The molecular formula is C27H34N4O3. The highest BCUT2D eigenvalue weighted by molar-refractivity contribution is 5.95. The number of hydrogen-bond acceptors (Lipinski definition) is 5. The van der Waals surface area contributed by atoms with Crippen molar-refractivity contribution in [3.63, 3.8) is 0 Å². The lowest BCUT2D eigenvalue weighted by atomic mass is 9.97. The first-order chi connectivity index (χ1) is 16.5. The molecular weight excluding hydrogens is 428 g/mol. The molecule has 4 rings (SSSR count).